The number of carboxylic acids is 1. The van der Waals surface area contributed by atoms with Gasteiger partial charge in [-0.1, -0.05) is 24.3 Å². The Hall–Kier alpha value is -2.13. The molecule has 0 fully saturated rings. The van der Waals surface area contributed by atoms with E-state index >= 15 is 0 Å². The number of aryl methyl sites for hydroxylation is 1. The highest BCUT2D eigenvalue weighted by Crippen LogP contribution is 2.31. The fraction of sp³-hybridized carbons (Fsp3) is 0.235. The first-order valence-electron chi connectivity index (χ1n) is 6.82. The van der Waals surface area contributed by atoms with Crippen LogP contribution in [-0.4, -0.2) is 17.6 Å². The van der Waals surface area contributed by atoms with E-state index in [2.05, 4.69) is 17.4 Å². The molecule has 1 heterocycles. The number of carboxylic acid groups (broad SMARTS) is 1. The van der Waals surface area contributed by atoms with E-state index in [0.29, 0.717) is 5.56 Å². The molecule has 0 aromatic heterocycles. The largest absolute Gasteiger partial charge is 0.478 e. The summed E-state index contributed by atoms with van der Waals surface area (Å²) in [5, 5.41) is 12.5. The molecule has 0 spiro atoms. The summed E-state index contributed by atoms with van der Waals surface area (Å²) in [6, 6.07) is 11.6. The Morgan fingerprint density at radius 1 is 1.20 bits per heavy atom. The van der Waals surface area contributed by atoms with Gasteiger partial charge in [-0.3, -0.25) is 0 Å². The van der Waals surface area contributed by atoms with E-state index in [0.717, 1.165) is 30.6 Å². The Morgan fingerprint density at radius 2 is 2.05 bits per heavy atom. The van der Waals surface area contributed by atoms with Crippen LogP contribution in [0.5, 0.6) is 0 Å². The van der Waals surface area contributed by atoms with Gasteiger partial charge in [-0.05, 0) is 59.8 Å². The lowest BCUT2D eigenvalue weighted by atomic mass is 9.89. The second kappa shape index (κ2) is 5.10. The van der Waals surface area contributed by atoms with Gasteiger partial charge in [0.15, 0.2) is 0 Å². The zero-order chi connectivity index (χ0) is 14.1. The van der Waals surface area contributed by atoms with E-state index in [9.17, 15) is 9.90 Å². The highest BCUT2D eigenvalue weighted by molar-refractivity contribution is 5.90. The fourth-order valence-electron chi connectivity index (χ4n) is 2.83. The second-order valence-corrected chi connectivity index (χ2v) is 5.20. The van der Waals surface area contributed by atoms with Crippen LogP contribution >= 0.6 is 0 Å². The van der Waals surface area contributed by atoms with Crippen LogP contribution in [0.15, 0.2) is 36.4 Å². The molecule has 0 unspecified atom stereocenters. The standard InChI is InChI=1S/C17H17NO2/c1-11-5-6-12(17(19)20)9-16(11)15-4-2-3-13-10-18-8-7-14(13)15/h2-6,9,18H,7-8,10H2,1H3,(H,19,20). The maximum Gasteiger partial charge on any atom is 0.335 e. The monoisotopic (exact) mass is 267 g/mol. The summed E-state index contributed by atoms with van der Waals surface area (Å²) in [5.41, 5.74) is 6.32. The zero-order valence-corrected chi connectivity index (χ0v) is 11.4. The lowest BCUT2D eigenvalue weighted by Gasteiger charge is -2.21. The Kier molecular flexibility index (Phi) is 3.28. The van der Waals surface area contributed by atoms with Crippen molar-refractivity contribution < 1.29 is 9.90 Å². The molecule has 20 heavy (non-hydrogen) atoms. The normalized spacial score (nSPS) is 13.8. The minimum absolute atomic E-state index is 0.345. The fourth-order valence-corrected chi connectivity index (χ4v) is 2.83. The van der Waals surface area contributed by atoms with E-state index < -0.39 is 5.97 Å². The molecule has 2 aromatic carbocycles. The van der Waals surface area contributed by atoms with Crippen molar-refractivity contribution in [2.75, 3.05) is 6.54 Å². The van der Waals surface area contributed by atoms with Gasteiger partial charge in [0.1, 0.15) is 0 Å². The summed E-state index contributed by atoms with van der Waals surface area (Å²) >= 11 is 0. The lowest BCUT2D eigenvalue weighted by molar-refractivity contribution is 0.0697. The minimum Gasteiger partial charge on any atom is -0.478 e. The molecule has 0 bridgehead atoms. The number of carbonyl (C=O) groups is 1. The van der Waals surface area contributed by atoms with Crippen molar-refractivity contribution in [3.8, 4) is 11.1 Å². The smallest absolute Gasteiger partial charge is 0.335 e. The molecule has 3 rings (SSSR count). The van der Waals surface area contributed by atoms with Crippen molar-refractivity contribution in [1.29, 1.82) is 0 Å². The molecule has 3 heteroatoms. The number of hydrogen-bond donors (Lipinski definition) is 2. The van der Waals surface area contributed by atoms with Gasteiger partial charge in [-0.2, -0.15) is 0 Å². The second-order valence-electron chi connectivity index (χ2n) is 5.20. The van der Waals surface area contributed by atoms with Crippen LogP contribution in [0.25, 0.3) is 11.1 Å². The van der Waals surface area contributed by atoms with Crippen molar-refractivity contribution in [1.82, 2.24) is 5.32 Å². The van der Waals surface area contributed by atoms with Crippen LogP contribution in [0.1, 0.15) is 27.0 Å². The van der Waals surface area contributed by atoms with Gasteiger partial charge in [0, 0.05) is 6.54 Å². The highest BCUT2D eigenvalue weighted by atomic mass is 16.4. The third-order valence-electron chi connectivity index (χ3n) is 3.91. The first-order chi connectivity index (χ1) is 9.66. The van der Waals surface area contributed by atoms with Crippen molar-refractivity contribution in [3.05, 3.63) is 58.7 Å². The maximum absolute atomic E-state index is 11.2. The number of hydrogen-bond acceptors (Lipinski definition) is 2. The summed E-state index contributed by atoms with van der Waals surface area (Å²) in [4.78, 5) is 11.2. The molecule has 2 N–H and O–H groups in total. The molecule has 1 aliphatic heterocycles. The number of nitrogens with one attached hydrogen (secondary N) is 1. The third kappa shape index (κ3) is 2.21. The van der Waals surface area contributed by atoms with Gasteiger partial charge in [-0.15, -0.1) is 0 Å². The molecule has 0 aliphatic carbocycles. The topological polar surface area (TPSA) is 49.3 Å². The van der Waals surface area contributed by atoms with Gasteiger partial charge in [-0.25, -0.2) is 4.79 Å². The molecular formula is C17H17NO2. The first-order valence-corrected chi connectivity index (χ1v) is 6.82. The van der Waals surface area contributed by atoms with Gasteiger partial charge in [0.2, 0.25) is 0 Å². The van der Waals surface area contributed by atoms with Crippen molar-refractivity contribution >= 4 is 5.97 Å². The Balaban J connectivity index is 2.18. The van der Waals surface area contributed by atoms with Crippen LogP contribution < -0.4 is 5.32 Å². The van der Waals surface area contributed by atoms with Crippen LogP contribution in [0.2, 0.25) is 0 Å². The molecule has 0 saturated carbocycles. The van der Waals surface area contributed by atoms with Crippen LogP contribution in [0.3, 0.4) is 0 Å². The Morgan fingerprint density at radius 3 is 2.85 bits per heavy atom. The molecule has 1 aliphatic rings. The molecule has 2 aromatic rings. The van der Waals surface area contributed by atoms with Crippen molar-refractivity contribution in [2.24, 2.45) is 0 Å². The number of benzene rings is 2. The van der Waals surface area contributed by atoms with E-state index in [4.69, 9.17) is 0 Å². The highest BCUT2D eigenvalue weighted by Gasteiger charge is 2.16. The van der Waals surface area contributed by atoms with Gasteiger partial charge >= 0.3 is 5.97 Å². The third-order valence-corrected chi connectivity index (χ3v) is 3.91. The lowest BCUT2D eigenvalue weighted by Crippen LogP contribution is -2.24. The summed E-state index contributed by atoms with van der Waals surface area (Å²) in [6.45, 7) is 3.89. The molecule has 0 atom stereocenters. The predicted octanol–water partition coefficient (Wildman–Crippen LogP) is 3.01. The molecule has 0 saturated heterocycles. The summed E-state index contributed by atoms with van der Waals surface area (Å²) in [7, 11) is 0. The van der Waals surface area contributed by atoms with Gasteiger partial charge in [0.25, 0.3) is 0 Å². The number of aromatic carboxylic acids is 1. The summed E-state index contributed by atoms with van der Waals surface area (Å²) in [6.07, 6.45) is 0.988. The van der Waals surface area contributed by atoms with Gasteiger partial charge in [0.05, 0.1) is 5.56 Å². The van der Waals surface area contributed by atoms with Crippen molar-refractivity contribution in [2.45, 2.75) is 19.9 Å². The van der Waals surface area contributed by atoms with E-state index in [-0.39, 0.29) is 0 Å². The quantitative estimate of drug-likeness (QED) is 0.879. The molecule has 3 nitrogen and oxygen atoms in total. The van der Waals surface area contributed by atoms with Crippen LogP contribution in [-0.2, 0) is 13.0 Å². The average Bonchev–Trinajstić information content (AvgIpc) is 2.47. The SMILES string of the molecule is Cc1ccc(C(=O)O)cc1-c1cccc2c1CCNC2. The first kappa shape index (κ1) is 12.9. The zero-order valence-electron chi connectivity index (χ0n) is 11.4. The molecule has 102 valence electrons. The summed E-state index contributed by atoms with van der Waals surface area (Å²) in [5.74, 6) is -0.877. The minimum atomic E-state index is -0.877. The Bertz CT molecular complexity index is 677. The summed E-state index contributed by atoms with van der Waals surface area (Å²) < 4.78 is 0. The Labute approximate surface area is 118 Å². The molecular weight excluding hydrogens is 250 g/mol. The number of fused-ring (bicyclic) bond motifs is 1. The van der Waals surface area contributed by atoms with Crippen LogP contribution in [0.4, 0.5) is 0 Å². The molecule has 0 amide bonds. The van der Waals surface area contributed by atoms with E-state index in [1.807, 2.05) is 19.1 Å². The van der Waals surface area contributed by atoms with E-state index in [1.165, 1.54) is 16.7 Å². The van der Waals surface area contributed by atoms with Crippen molar-refractivity contribution in [3.63, 3.8) is 0 Å². The predicted molar refractivity (Wildman–Crippen MR) is 79.0 cm³/mol. The molecule has 0 radical (unpaired) electrons. The number of rotatable bonds is 2. The average molecular weight is 267 g/mol. The van der Waals surface area contributed by atoms with Crippen LogP contribution in [0, 0.1) is 6.92 Å². The maximum atomic E-state index is 11.2. The van der Waals surface area contributed by atoms with Gasteiger partial charge < -0.3 is 10.4 Å². The van der Waals surface area contributed by atoms with E-state index in [1.54, 1.807) is 12.1 Å².